The average molecular weight is 340 g/mol. The fourth-order valence-electron chi connectivity index (χ4n) is 2.61. The second-order valence-electron chi connectivity index (χ2n) is 5.52. The molecule has 7 heteroatoms. The predicted octanol–water partition coefficient (Wildman–Crippen LogP) is 2.55. The molecule has 1 aromatic carbocycles. The number of esters is 1. The van der Waals surface area contributed by atoms with Crippen LogP contribution in [0.15, 0.2) is 42.7 Å². The van der Waals surface area contributed by atoms with Crippen molar-refractivity contribution in [2.75, 3.05) is 25.7 Å². The van der Waals surface area contributed by atoms with Crippen LogP contribution >= 0.6 is 0 Å². The van der Waals surface area contributed by atoms with Crippen LogP contribution in [-0.2, 0) is 11.3 Å². The third kappa shape index (κ3) is 3.40. The Morgan fingerprint density at radius 3 is 2.68 bits per heavy atom. The van der Waals surface area contributed by atoms with Crippen LogP contribution in [0.5, 0.6) is 5.75 Å². The van der Waals surface area contributed by atoms with Gasteiger partial charge in [-0.3, -0.25) is 0 Å². The van der Waals surface area contributed by atoms with Crippen LogP contribution in [0, 0.1) is 0 Å². The molecule has 0 amide bonds. The highest BCUT2D eigenvalue weighted by Gasteiger charge is 2.17. The van der Waals surface area contributed by atoms with Gasteiger partial charge in [0.15, 0.2) is 11.3 Å². The smallest absolute Gasteiger partial charge is 0.358 e. The molecule has 3 aromatic rings. The quantitative estimate of drug-likeness (QED) is 0.642. The van der Waals surface area contributed by atoms with E-state index in [0.29, 0.717) is 24.5 Å². The second kappa shape index (κ2) is 7.21. The first-order valence-corrected chi connectivity index (χ1v) is 7.98. The average Bonchev–Trinajstić information content (AvgIpc) is 3.06. The number of ether oxygens (including phenoxy) is 2. The topological polar surface area (TPSA) is 69.0 Å². The molecular formula is C18H20N4O3. The molecule has 2 heterocycles. The van der Waals surface area contributed by atoms with E-state index in [0.717, 1.165) is 17.0 Å². The first-order valence-electron chi connectivity index (χ1n) is 7.98. The lowest BCUT2D eigenvalue weighted by molar-refractivity contribution is 0.0516. The number of carbonyl (C=O) groups excluding carboxylic acids is 1. The van der Waals surface area contributed by atoms with Crippen molar-refractivity contribution in [3.63, 3.8) is 0 Å². The zero-order valence-electron chi connectivity index (χ0n) is 14.5. The van der Waals surface area contributed by atoms with Crippen molar-refractivity contribution < 1.29 is 14.3 Å². The van der Waals surface area contributed by atoms with Crippen LogP contribution < -0.4 is 9.64 Å². The van der Waals surface area contributed by atoms with Gasteiger partial charge >= 0.3 is 5.97 Å². The van der Waals surface area contributed by atoms with Gasteiger partial charge in [-0.05, 0) is 30.7 Å². The van der Waals surface area contributed by atoms with Gasteiger partial charge in [-0.15, -0.1) is 0 Å². The van der Waals surface area contributed by atoms with Crippen LogP contribution in [0.25, 0.3) is 5.65 Å². The lowest BCUT2D eigenvalue weighted by Crippen LogP contribution is -2.18. The minimum Gasteiger partial charge on any atom is -0.497 e. The van der Waals surface area contributed by atoms with E-state index in [1.54, 1.807) is 20.2 Å². The SMILES string of the molecule is CCOC(=O)c1cnc2c(N(C)Cc3ccc(OC)cc3)ccnn12. The van der Waals surface area contributed by atoms with Gasteiger partial charge in [-0.1, -0.05) is 12.1 Å². The Balaban J connectivity index is 1.88. The molecule has 0 spiro atoms. The van der Waals surface area contributed by atoms with Crippen molar-refractivity contribution in [3.05, 3.63) is 54.0 Å². The predicted molar refractivity (Wildman–Crippen MR) is 94.0 cm³/mol. The van der Waals surface area contributed by atoms with Crippen LogP contribution in [0.4, 0.5) is 5.69 Å². The number of imidazole rings is 1. The molecule has 0 saturated heterocycles. The Labute approximate surface area is 145 Å². The fourth-order valence-corrected chi connectivity index (χ4v) is 2.61. The van der Waals surface area contributed by atoms with Gasteiger partial charge in [0.1, 0.15) is 5.75 Å². The normalized spacial score (nSPS) is 10.7. The monoisotopic (exact) mass is 340 g/mol. The summed E-state index contributed by atoms with van der Waals surface area (Å²) in [6, 6.07) is 9.77. The number of rotatable bonds is 6. The summed E-state index contributed by atoms with van der Waals surface area (Å²) in [5, 5.41) is 4.23. The Hall–Kier alpha value is -3.09. The first-order chi connectivity index (χ1) is 12.1. The molecule has 3 rings (SSSR count). The molecule has 130 valence electrons. The molecule has 0 fully saturated rings. The van der Waals surface area contributed by atoms with E-state index in [1.165, 1.54) is 10.7 Å². The molecule has 0 bridgehead atoms. The molecule has 0 unspecified atom stereocenters. The summed E-state index contributed by atoms with van der Waals surface area (Å²) in [4.78, 5) is 18.4. The summed E-state index contributed by atoms with van der Waals surface area (Å²) < 4.78 is 11.7. The van der Waals surface area contributed by atoms with E-state index < -0.39 is 5.97 Å². The maximum absolute atomic E-state index is 12.0. The number of fused-ring (bicyclic) bond motifs is 1. The van der Waals surface area contributed by atoms with Crippen molar-refractivity contribution in [2.45, 2.75) is 13.5 Å². The molecule has 0 aliphatic heterocycles. The van der Waals surface area contributed by atoms with Gasteiger partial charge in [-0.2, -0.15) is 5.10 Å². The van der Waals surface area contributed by atoms with Gasteiger partial charge in [0, 0.05) is 13.6 Å². The maximum Gasteiger partial charge on any atom is 0.358 e. The lowest BCUT2D eigenvalue weighted by atomic mass is 10.2. The summed E-state index contributed by atoms with van der Waals surface area (Å²) in [6.45, 7) is 2.76. The molecule has 0 radical (unpaired) electrons. The Bertz CT molecular complexity index is 874. The second-order valence-corrected chi connectivity index (χ2v) is 5.52. The molecule has 0 N–H and O–H groups in total. The Morgan fingerprint density at radius 1 is 1.24 bits per heavy atom. The summed E-state index contributed by atoms with van der Waals surface area (Å²) in [5.41, 5.74) is 2.94. The van der Waals surface area contributed by atoms with Gasteiger partial charge in [0.05, 0.1) is 31.8 Å². The van der Waals surface area contributed by atoms with Gasteiger partial charge in [-0.25, -0.2) is 14.3 Å². The number of aromatic nitrogens is 3. The lowest BCUT2D eigenvalue weighted by Gasteiger charge is -2.19. The highest BCUT2D eigenvalue weighted by Crippen LogP contribution is 2.22. The standard InChI is InChI=1S/C18H20N4O3/c1-4-25-18(23)16-11-19-17-15(9-10-20-22(16)17)21(2)12-13-5-7-14(24-3)8-6-13/h5-11H,4,12H2,1-3H3. The number of nitrogens with zero attached hydrogens (tertiary/aromatic N) is 4. The zero-order valence-corrected chi connectivity index (χ0v) is 14.5. The van der Waals surface area contributed by atoms with Gasteiger partial charge in [0.2, 0.25) is 0 Å². The number of methoxy groups -OCH3 is 1. The van der Waals surface area contributed by atoms with Crippen molar-refractivity contribution in [3.8, 4) is 5.75 Å². The zero-order chi connectivity index (χ0) is 17.8. The highest BCUT2D eigenvalue weighted by molar-refractivity contribution is 5.89. The number of anilines is 1. The number of benzene rings is 1. The Morgan fingerprint density at radius 2 is 2.00 bits per heavy atom. The largest absolute Gasteiger partial charge is 0.497 e. The van der Waals surface area contributed by atoms with E-state index in [1.807, 2.05) is 37.4 Å². The molecule has 2 aromatic heterocycles. The summed E-state index contributed by atoms with van der Waals surface area (Å²) in [6.07, 6.45) is 3.14. The van der Waals surface area contributed by atoms with Crippen molar-refractivity contribution in [1.82, 2.24) is 14.6 Å². The van der Waals surface area contributed by atoms with E-state index >= 15 is 0 Å². The molecule has 0 saturated carbocycles. The molecular weight excluding hydrogens is 320 g/mol. The highest BCUT2D eigenvalue weighted by atomic mass is 16.5. The Kier molecular flexibility index (Phi) is 4.83. The van der Waals surface area contributed by atoms with Crippen LogP contribution in [0.1, 0.15) is 23.0 Å². The van der Waals surface area contributed by atoms with E-state index in [2.05, 4.69) is 15.0 Å². The van der Waals surface area contributed by atoms with E-state index in [9.17, 15) is 4.79 Å². The van der Waals surface area contributed by atoms with Crippen LogP contribution in [0.3, 0.4) is 0 Å². The van der Waals surface area contributed by atoms with Gasteiger partial charge in [0.25, 0.3) is 0 Å². The number of hydrogen-bond donors (Lipinski definition) is 0. The number of carbonyl (C=O) groups is 1. The van der Waals surface area contributed by atoms with E-state index in [-0.39, 0.29) is 0 Å². The molecule has 0 atom stereocenters. The molecule has 25 heavy (non-hydrogen) atoms. The third-order valence-corrected chi connectivity index (χ3v) is 3.86. The summed E-state index contributed by atoms with van der Waals surface area (Å²) in [5.74, 6) is 0.391. The summed E-state index contributed by atoms with van der Waals surface area (Å²) >= 11 is 0. The molecule has 7 nitrogen and oxygen atoms in total. The third-order valence-electron chi connectivity index (χ3n) is 3.86. The fraction of sp³-hybridized carbons (Fsp3) is 0.278. The molecule has 0 aliphatic rings. The van der Waals surface area contributed by atoms with Crippen LogP contribution in [0.2, 0.25) is 0 Å². The van der Waals surface area contributed by atoms with Crippen molar-refractivity contribution in [2.24, 2.45) is 0 Å². The summed E-state index contributed by atoms with van der Waals surface area (Å²) in [7, 11) is 3.62. The van der Waals surface area contributed by atoms with Gasteiger partial charge < -0.3 is 14.4 Å². The molecule has 0 aliphatic carbocycles. The minimum absolute atomic E-state index is 0.309. The van der Waals surface area contributed by atoms with E-state index in [4.69, 9.17) is 9.47 Å². The first kappa shape index (κ1) is 16.8. The maximum atomic E-state index is 12.0. The number of hydrogen-bond acceptors (Lipinski definition) is 6. The van der Waals surface area contributed by atoms with Crippen molar-refractivity contribution in [1.29, 1.82) is 0 Å². The van der Waals surface area contributed by atoms with Crippen LogP contribution in [-0.4, -0.2) is 41.3 Å². The minimum atomic E-state index is -0.433. The van der Waals surface area contributed by atoms with Crippen molar-refractivity contribution >= 4 is 17.3 Å².